The number of benzene rings is 2. The van der Waals surface area contributed by atoms with Crippen molar-refractivity contribution in [1.82, 2.24) is 9.55 Å². The number of nitrogens with zero attached hydrogens (tertiary/aromatic N) is 2. The predicted octanol–water partition coefficient (Wildman–Crippen LogP) is 5.19. The molecular formula is C16H14BrIN2O. The van der Waals surface area contributed by atoms with Gasteiger partial charge in [-0.15, -0.1) is 0 Å². The Bertz CT molecular complexity index is 813. The number of hydrogen-bond donors (Lipinski definition) is 1. The van der Waals surface area contributed by atoms with Crippen LogP contribution in [0.15, 0.2) is 40.9 Å². The molecule has 1 N–H and O–H groups in total. The molecule has 1 aromatic heterocycles. The van der Waals surface area contributed by atoms with E-state index in [4.69, 9.17) is 4.98 Å². The SMILES string of the molecule is CCCn1c(-c2ccc(I)c(O)c2)nc2cc(Br)ccc21. The summed E-state index contributed by atoms with van der Waals surface area (Å²) in [5, 5.41) is 9.95. The Morgan fingerprint density at radius 3 is 2.76 bits per heavy atom. The lowest BCUT2D eigenvalue weighted by Gasteiger charge is -2.08. The van der Waals surface area contributed by atoms with Crippen molar-refractivity contribution < 1.29 is 5.11 Å². The molecule has 3 aromatic rings. The van der Waals surface area contributed by atoms with Crippen molar-refractivity contribution >= 4 is 49.6 Å². The monoisotopic (exact) mass is 456 g/mol. The van der Waals surface area contributed by atoms with Crippen LogP contribution in [0.5, 0.6) is 5.75 Å². The molecule has 0 spiro atoms. The molecule has 2 aromatic carbocycles. The van der Waals surface area contributed by atoms with Crippen molar-refractivity contribution in [3.05, 3.63) is 44.4 Å². The van der Waals surface area contributed by atoms with Gasteiger partial charge in [0.25, 0.3) is 0 Å². The molecule has 0 saturated heterocycles. The van der Waals surface area contributed by atoms with Gasteiger partial charge in [-0.05, 0) is 65.4 Å². The third-order valence-corrected chi connectivity index (χ3v) is 4.77. The van der Waals surface area contributed by atoms with Crippen LogP contribution in [-0.4, -0.2) is 14.7 Å². The number of imidazole rings is 1. The van der Waals surface area contributed by atoms with Crippen LogP contribution in [0.25, 0.3) is 22.4 Å². The second kappa shape index (κ2) is 5.96. The second-order valence-corrected chi connectivity index (χ2v) is 6.96. The Morgan fingerprint density at radius 1 is 1.24 bits per heavy atom. The fourth-order valence-corrected chi connectivity index (χ4v) is 3.11. The summed E-state index contributed by atoms with van der Waals surface area (Å²) in [4.78, 5) is 4.75. The van der Waals surface area contributed by atoms with Gasteiger partial charge in [-0.3, -0.25) is 0 Å². The normalized spacial score (nSPS) is 11.2. The van der Waals surface area contributed by atoms with E-state index in [1.54, 1.807) is 6.07 Å². The van der Waals surface area contributed by atoms with Gasteiger partial charge in [-0.1, -0.05) is 22.9 Å². The van der Waals surface area contributed by atoms with Crippen LogP contribution in [0.4, 0.5) is 0 Å². The van der Waals surface area contributed by atoms with Gasteiger partial charge in [-0.2, -0.15) is 0 Å². The van der Waals surface area contributed by atoms with Crippen LogP contribution >= 0.6 is 38.5 Å². The molecule has 1 heterocycles. The van der Waals surface area contributed by atoms with Crippen molar-refractivity contribution in [3.8, 4) is 17.1 Å². The predicted molar refractivity (Wildman–Crippen MR) is 97.5 cm³/mol. The average molecular weight is 457 g/mol. The summed E-state index contributed by atoms with van der Waals surface area (Å²) in [6, 6.07) is 11.8. The smallest absolute Gasteiger partial charge is 0.141 e. The maximum Gasteiger partial charge on any atom is 0.141 e. The van der Waals surface area contributed by atoms with E-state index in [0.717, 1.165) is 43.4 Å². The number of aromatic nitrogens is 2. The van der Waals surface area contributed by atoms with Gasteiger partial charge < -0.3 is 9.67 Å². The van der Waals surface area contributed by atoms with Gasteiger partial charge >= 0.3 is 0 Å². The highest BCUT2D eigenvalue weighted by atomic mass is 127. The van der Waals surface area contributed by atoms with Gasteiger partial charge in [0, 0.05) is 16.6 Å². The number of hydrogen-bond acceptors (Lipinski definition) is 2. The summed E-state index contributed by atoms with van der Waals surface area (Å²) in [5.41, 5.74) is 3.02. The van der Waals surface area contributed by atoms with Gasteiger partial charge in [0.1, 0.15) is 11.6 Å². The first-order chi connectivity index (χ1) is 10.1. The molecule has 0 radical (unpaired) electrons. The lowest BCUT2D eigenvalue weighted by Crippen LogP contribution is -1.99. The number of phenolic OH excluding ortho intramolecular Hbond substituents is 1. The topological polar surface area (TPSA) is 38.0 Å². The molecule has 0 amide bonds. The molecule has 0 saturated carbocycles. The number of aryl methyl sites for hydroxylation is 1. The quantitative estimate of drug-likeness (QED) is 0.551. The largest absolute Gasteiger partial charge is 0.507 e. The van der Waals surface area contributed by atoms with Crippen LogP contribution in [0.1, 0.15) is 13.3 Å². The van der Waals surface area contributed by atoms with Crippen LogP contribution in [0.2, 0.25) is 0 Å². The van der Waals surface area contributed by atoms with E-state index in [-0.39, 0.29) is 0 Å². The molecule has 5 heteroatoms. The Morgan fingerprint density at radius 2 is 2.05 bits per heavy atom. The van der Waals surface area contributed by atoms with Crippen molar-refractivity contribution in [1.29, 1.82) is 0 Å². The van der Waals surface area contributed by atoms with Gasteiger partial charge in [0.2, 0.25) is 0 Å². The Balaban J connectivity index is 2.24. The molecule has 0 atom stereocenters. The molecule has 3 nitrogen and oxygen atoms in total. The van der Waals surface area contributed by atoms with E-state index in [0.29, 0.717) is 5.75 Å². The number of halogens is 2. The second-order valence-electron chi connectivity index (χ2n) is 4.89. The molecule has 21 heavy (non-hydrogen) atoms. The standard InChI is InChI=1S/C16H14BrIN2O/c1-2-7-20-14-6-4-11(17)9-13(14)19-16(20)10-3-5-12(18)15(21)8-10/h3-6,8-9,21H,2,7H2,1H3. The third kappa shape index (κ3) is 2.81. The Kier molecular flexibility index (Phi) is 4.21. The van der Waals surface area contributed by atoms with E-state index < -0.39 is 0 Å². The van der Waals surface area contributed by atoms with Gasteiger partial charge in [-0.25, -0.2) is 4.98 Å². The highest BCUT2D eigenvalue weighted by molar-refractivity contribution is 14.1. The minimum atomic E-state index is 0.296. The molecule has 3 rings (SSSR count). The zero-order chi connectivity index (χ0) is 15.0. The van der Waals surface area contributed by atoms with Crippen molar-refractivity contribution in [2.45, 2.75) is 19.9 Å². The highest BCUT2D eigenvalue weighted by Gasteiger charge is 2.13. The van der Waals surface area contributed by atoms with Crippen LogP contribution < -0.4 is 0 Å². The lowest BCUT2D eigenvalue weighted by atomic mass is 10.2. The third-order valence-electron chi connectivity index (χ3n) is 3.36. The summed E-state index contributed by atoms with van der Waals surface area (Å²) < 4.78 is 4.08. The minimum Gasteiger partial charge on any atom is -0.507 e. The van der Waals surface area contributed by atoms with Gasteiger partial charge in [0.15, 0.2) is 0 Å². The molecule has 0 aliphatic heterocycles. The molecule has 0 bridgehead atoms. The molecular weight excluding hydrogens is 443 g/mol. The summed E-state index contributed by atoms with van der Waals surface area (Å²) in [7, 11) is 0. The van der Waals surface area contributed by atoms with E-state index >= 15 is 0 Å². The molecule has 0 fully saturated rings. The maximum absolute atomic E-state index is 9.95. The summed E-state index contributed by atoms with van der Waals surface area (Å²) in [5.74, 6) is 1.20. The molecule has 108 valence electrons. The number of phenols is 1. The van der Waals surface area contributed by atoms with Crippen molar-refractivity contribution in [2.75, 3.05) is 0 Å². The average Bonchev–Trinajstić information content (AvgIpc) is 2.80. The molecule has 0 aliphatic rings. The van der Waals surface area contributed by atoms with E-state index in [1.165, 1.54) is 0 Å². The molecule has 0 unspecified atom stereocenters. The minimum absolute atomic E-state index is 0.296. The summed E-state index contributed by atoms with van der Waals surface area (Å²) in [6.45, 7) is 3.06. The first-order valence-electron chi connectivity index (χ1n) is 6.75. The number of fused-ring (bicyclic) bond motifs is 1. The van der Waals surface area contributed by atoms with Crippen LogP contribution in [0.3, 0.4) is 0 Å². The maximum atomic E-state index is 9.95. The van der Waals surface area contributed by atoms with E-state index in [9.17, 15) is 5.11 Å². The van der Waals surface area contributed by atoms with Crippen molar-refractivity contribution in [3.63, 3.8) is 0 Å². The number of rotatable bonds is 3. The fraction of sp³-hybridized carbons (Fsp3) is 0.188. The van der Waals surface area contributed by atoms with Crippen LogP contribution in [0, 0.1) is 3.57 Å². The first kappa shape index (κ1) is 14.8. The van der Waals surface area contributed by atoms with Crippen LogP contribution in [-0.2, 0) is 6.54 Å². The van der Waals surface area contributed by atoms with Crippen molar-refractivity contribution in [2.24, 2.45) is 0 Å². The zero-order valence-electron chi connectivity index (χ0n) is 11.5. The Labute approximate surface area is 145 Å². The lowest BCUT2D eigenvalue weighted by molar-refractivity contribution is 0.471. The number of aromatic hydroxyl groups is 1. The summed E-state index contributed by atoms with van der Waals surface area (Å²) >= 11 is 5.61. The van der Waals surface area contributed by atoms with E-state index in [2.05, 4.69) is 56.1 Å². The summed E-state index contributed by atoms with van der Waals surface area (Å²) in [6.07, 6.45) is 1.03. The molecule has 0 aliphatic carbocycles. The first-order valence-corrected chi connectivity index (χ1v) is 8.62. The zero-order valence-corrected chi connectivity index (χ0v) is 15.2. The fourth-order valence-electron chi connectivity index (χ4n) is 2.43. The van der Waals surface area contributed by atoms with E-state index in [1.807, 2.05) is 24.3 Å². The van der Waals surface area contributed by atoms with Gasteiger partial charge in [0.05, 0.1) is 14.6 Å². The highest BCUT2D eigenvalue weighted by Crippen LogP contribution is 2.30. The Hall–Kier alpha value is -1.08.